The van der Waals surface area contributed by atoms with Crippen molar-refractivity contribution < 1.29 is 4.79 Å². The molecular formula is C11H18N4OS. The maximum absolute atomic E-state index is 12.2. The first-order valence-corrected chi connectivity index (χ1v) is 6.77. The van der Waals surface area contributed by atoms with E-state index in [9.17, 15) is 4.79 Å². The molecule has 1 aliphatic rings. The van der Waals surface area contributed by atoms with Gasteiger partial charge in [-0.15, -0.1) is 10.2 Å². The van der Waals surface area contributed by atoms with E-state index in [4.69, 9.17) is 5.73 Å². The number of aromatic nitrogens is 2. The Hall–Kier alpha value is -1.01. The van der Waals surface area contributed by atoms with Crippen LogP contribution in [-0.4, -0.2) is 22.1 Å². The fraction of sp³-hybridized carbons (Fsp3) is 0.727. The summed E-state index contributed by atoms with van der Waals surface area (Å²) in [5.41, 5.74) is 5.55. The molecular weight excluding hydrogens is 236 g/mol. The van der Waals surface area contributed by atoms with Crippen molar-refractivity contribution in [3.8, 4) is 0 Å². The van der Waals surface area contributed by atoms with Gasteiger partial charge in [-0.2, -0.15) is 0 Å². The minimum absolute atomic E-state index is 0.0266. The third kappa shape index (κ3) is 2.32. The zero-order valence-electron chi connectivity index (χ0n) is 10.2. The second-order valence-electron chi connectivity index (χ2n) is 4.72. The minimum atomic E-state index is -0.460. The third-order valence-corrected chi connectivity index (χ3v) is 4.52. The Morgan fingerprint density at radius 3 is 2.94 bits per heavy atom. The van der Waals surface area contributed by atoms with Gasteiger partial charge >= 0.3 is 0 Å². The predicted octanol–water partition coefficient (Wildman–Crippen LogP) is 1.56. The second kappa shape index (κ2) is 4.70. The molecule has 1 saturated carbocycles. The number of aryl methyl sites for hydroxylation is 1. The smallest absolute Gasteiger partial charge is 0.233 e. The summed E-state index contributed by atoms with van der Waals surface area (Å²) < 4.78 is 0. The average Bonchev–Trinajstić information content (AvgIpc) is 2.88. The molecule has 1 amide bonds. The highest BCUT2D eigenvalue weighted by Crippen LogP contribution is 2.37. The van der Waals surface area contributed by atoms with Gasteiger partial charge in [0.15, 0.2) is 0 Å². The van der Waals surface area contributed by atoms with E-state index in [-0.39, 0.29) is 11.9 Å². The summed E-state index contributed by atoms with van der Waals surface area (Å²) in [5, 5.41) is 12.3. The van der Waals surface area contributed by atoms with Crippen molar-refractivity contribution in [3.05, 3.63) is 5.01 Å². The molecule has 17 heavy (non-hydrogen) atoms. The fourth-order valence-electron chi connectivity index (χ4n) is 2.16. The van der Waals surface area contributed by atoms with E-state index in [1.807, 2.05) is 13.8 Å². The topological polar surface area (TPSA) is 80.9 Å². The lowest BCUT2D eigenvalue weighted by Crippen LogP contribution is -2.44. The number of nitrogens with zero attached hydrogens (tertiary/aromatic N) is 2. The van der Waals surface area contributed by atoms with Gasteiger partial charge in [0.2, 0.25) is 11.0 Å². The lowest BCUT2D eigenvalue weighted by atomic mass is 9.84. The Morgan fingerprint density at radius 2 is 2.41 bits per heavy atom. The molecule has 3 N–H and O–H groups in total. The summed E-state index contributed by atoms with van der Waals surface area (Å²) in [6, 6.07) is -0.0546. The summed E-state index contributed by atoms with van der Waals surface area (Å²) in [5.74, 6) is -0.0266. The van der Waals surface area contributed by atoms with Gasteiger partial charge in [-0.25, -0.2) is 0 Å². The van der Waals surface area contributed by atoms with Gasteiger partial charge in [0.05, 0.1) is 5.41 Å². The summed E-state index contributed by atoms with van der Waals surface area (Å²) >= 11 is 1.42. The van der Waals surface area contributed by atoms with Crippen molar-refractivity contribution >= 4 is 22.4 Å². The van der Waals surface area contributed by atoms with Crippen LogP contribution in [0.5, 0.6) is 0 Å². The normalized spacial score (nSPS) is 28.3. The van der Waals surface area contributed by atoms with Gasteiger partial charge in [0.1, 0.15) is 5.01 Å². The first-order chi connectivity index (χ1) is 8.06. The molecule has 1 fully saturated rings. The number of amides is 1. The number of anilines is 1. The Balaban J connectivity index is 2.06. The molecule has 2 rings (SSSR count). The molecule has 94 valence electrons. The molecule has 1 aromatic heterocycles. The third-order valence-electron chi connectivity index (χ3n) is 3.54. The van der Waals surface area contributed by atoms with Crippen LogP contribution in [0.15, 0.2) is 0 Å². The summed E-state index contributed by atoms with van der Waals surface area (Å²) in [7, 11) is 0. The molecule has 0 bridgehead atoms. The quantitative estimate of drug-likeness (QED) is 0.857. The monoisotopic (exact) mass is 254 g/mol. The largest absolute Gasteiger partial charge is 0.327 e. The number of nitrogens with two attached hydrogens (primary N) is 1. The van der Waals surface area contributed by atoms with Crippen LogP contribution in [-0.2, 0) is 11.2 Å². The first kappa shape index (κ1) is 12.4. The number of carbonyl (C=O) groups is 1. The first-order valence-electron chi connectivity index (χ1n) is 5.95. The second-order valence-corrected chi connectivity index (χ2v) is 5.79. The van der Waals surface area contributed by atoms with Gasteiger partial charge in [0.25, 0.3) is 0 Å². The molecule has 5 nitrogen and oxygen atoms in total. The van der Waals surface area contributed by atoms with E-state index in [0.717, 1.165) is 30.7 Å². The van der Waals surface area contributed by atoms with Crippen LogP contribution in [0.3, 0.4) is 0 Å². The van der Waals surface area contributed by atoms with E-state index in [1.54, 1.807) is 0 Å². The standard InChI is InChI=1S/C11H18N4OS/c1-3-8-14-15-10(17-8)13-9(16)11(2)6-4-5-7(11)12/h7H,3-6,12H2,1-2H3,(H,13,15,16). The van der Waals surface area contributed by atoms with Gasteiger partial charge in [-0.05, 0) is 26.2 Å². The molecule has 2 unspecified atom stereocenters. The molecule has 1 heterocycles. The van der Waals surface area contributed by atoms with E-state index in [0.29, 0.717) is 5.13 Å². The van der Waals surface area contributed by atoms with Crippen LogP contribution in [0.2, 0.25) is 0 Å². The molecule has 0 aliphatic heterocycles. The molecule has 0 radical (unpaired) electrons. The van der Waals surface area contributed by atoms with E-state index < -0.39 is 5.41 Å². The van der Waals surface area contributed by atoms with E-state index in [2.05, 4.69) is 15.5 Å². The number of hydrogen-bond acceptors (Lipinski definition) is 5. The minimum Gasteiger partial charge on any atom is -0.327 e. The summed E-state index contributed by atoms with van der Waals surface area (Å²) in [4.78, 5) is 12.2. The predicted molar refractivity (Wildman–Crippen MR) is 67.9 cm³/mol. The molecule has 2 atom stereocenters. The molecule has 0 spiro atoms. The Labute approximate surface area is 105 Å². The van der Waals surface area contributed by atoms with Crippen molar-refractivity contribution in [2.45, 2.75) is 45.6 Å². The zero-order valence-corrected chi connectivity index (χ0v) is 11.0. The van der Waals surface area contributed by atoms with Crippen LogP contribution < -0.4 is 11.1 Å². The summed E-state index contributed by atoms with van der Waals surface area (Å²) in [6.45, 7) is 3.95. The Kier molecular flexibility index (Phi) is 3.44. The van der Waals surface area contributed by atoms with Crippen molar-refractivity contribution in [1.82, 2.24) is 10.2 Å². The number of rotatable bonds is 3. The van der Waals surface area contributed by atoms with Crippen LogP contribution >= 0.6 is 11.3 Å². The van der Waals surface area contributed by atoms with Gasteiger partial charge in [-0.1, -0.05) is 24.7 Å². The zero-order chi connectivity index (χ0) is 12.5. The maximum Gasteiger partial charge on any atom is 0.233 e. The number of nitrogens with one attached hydrogen (secondary N) is 1. The average molecular weight is 254 g/mol. The number of hydrogen-bond donors (Lipinski definition) is 2. The molecule has 1 aliphatic carbocycles. The fourth-order valence-corrected chi connectivity index (χ4v) is 2.84. The van der Waals surface area contributed by atoms with Crippen molar-refractivity contribution in [2.75, 3.05) is 5.32 Å². The Morgan fingerprint density at radius 1 is 1.65 bits per heavy atom. The highest BCUT2D eigenvalue weighted by atomic mass is 32.1. The molecule has 0 saturated heterocycles. The van der Waals surface area contributed by atoms with Crippen molar-refractivity contribution in [3.63, 3.8) is 0 Å². The van der Waals surface area contributed by atoms with Crippen molar-refractivity contribution in [2.24, 2.45) is 11.1 Å². The summed E-state index contributed by atoms with van der Waals surface area (Å²) in [6.07, 6.45) is 3.62. The van der Waals surface area contributed by atoms with Crippen LogP contribution in [0.25, 0.3) is 0 Å². The molecule has 6 heteroatoms. The van der Waals surface area contributed by atoms with Crippen LogP contribution in [0.4, 0.5) is 5.13 Å². The van der Waals surface area contributed by atoms with Crippen molar-refractivity contribution in [1.29, 1.82) is 0 Å². The molecule has 1 aromatic rings. The van der Waals surface area contributed by atoms with Gasteiger partial charge in [0, 0.05) is 6.04 Å². The van der Waals surface area contributed by atoms with E-state index >= 15 is 0 Å². The van der Waals surface area contributed by atoms with Gasteiger partial charge in [-0.3, -0.25) is 10.1 Å². The SMILES string of the molecule is CCc1nnc(NC(=O)C2(C)CCCC2N)s1. The van der Waals surface area contributed by atoms with Crippen LogP contribution in [0.1, 0.15) is 38.1 Å². The van der Waals surface area contributed by atoms with E-state index in [1.165, 1.54) is 11.3 Å². The van der Waals surface area contributed by atoms with Gasteiger partial charge < -0.3 is 5.73 Å². The number of carbonyl (C=O) groups excluding carboxylic acids is 1. The maximum atomic E-state index is 12.2. The highest BCUT2D eigenvalue weighted by Gasteiger charge is 2.43. The molecule has 0 aromatic carbocycles. The lowest BCUT2D eigenvalue weighted by Gasteiger charge is -2.26. The Bertz CT molecular complexity index is 419. The highest BCUT2D eigenvalue weighted by molar-refractivity contribution is 7.15. The lowest BCUT2D eigenvalue weighted by molar-refractivity contribution is -0.125. The van der Waals surface area contributed by atoms with Crippen LogP contribution in [0, 0.1) is 5.41 Å².